The zero-order valence-corrected chi connectivity index (χ0v) is 14.1. The van der Waals surface area contributed by atoms with Crippen molar-refractivity contribution in [3.63, 3.8) is 0 Å². The van der Waals surface area contributed by atoms with Gasteiger partial charge in [-0.2, -0.15) is 0 Å². The molecule has 0 aliphatic heterocycles. The Morgan fingerprint density at radius 1 is 1.04 bits per heavy atom. The molecule has 0 unspecified atom stereocenters. The minimum absolute atomic E-state index is 0.0168. The van der Waals surface area contributed by atoms with Gasteiger partial charge in [-0.3, -0.25) is 4.79 Å². The zero-order valence-electron chi connectivity index (χ0n) is 14.1. The number of rotatable bonds is 6. The highest BCUT2D eigenvalue weighted by Crippen LogP contribution is 2.18. The maximum absolute atomic E-state index is 12.7. The number of amides is 1. The first-order chi connectivity index (χ1) is 11.4. The Kier molecular flexibility index (Phi) is 5.58. The van der Waals surface area contributed by atoms with Crippen LogP contribution in [0.3, 0.4) is 0 Å². The third kappa shape index (κ3) is 4.35. The second-order valence-electron chi connectivity index (χ2n) is 5.75. The Labute approximate surface area is 141 Å². The van der Waals surface area contributed by atoms with Crippen LogP contribution in [0.25, 0.3) is 0 Å². The number of carboxylic acid groups (broad SMARTS) is 1. The summed E-state index contributed by atoms with van der Waals surface area (Å²) in [6.45, 7) is 3.96. The van der Waals surface area contributed by atoms with E-state index in [0.29, 0.717) is 12.3 Å². The molecule has 2 rings (SSSR count). The lowest BCUT2D eigenvalue weighted by molar-refractivity contribution is -0.139. The predicted octanol–water partition coefficient (Wildman–Crippen LogP) is 3.04. The van der Waals surface area contributed by atoms with Crippen LogP contribution < -0.4 is 4.74 Å². The van der Waals surface area contributed by atoms with Crippen LogP contribution in [0.5, 0.6) is 5.75 Å². The molecule has 5 nitrogen and oxygen atoms in total. The van der Waals surface area contributed by atoms with Gasteiger partial charge in [0.05, 0.1) is 0 Å². The Morgan fingerprint density at radius 2 is 1.62 bits per heavy atom. The average Bonchev–Trinajstić information content (AvgIpc) is 2.53. The van der Waals surface area contributed by atoms with E-state index < -0.39 is 5.97 Å². The molecule has 0 radical (unpaired) electrons. The van der Waals surface area contributed by atoms with Gasteiger partial charge in [0.15, 0.2) is 6.61 Å². The largest absolute Gasteiger partial charge is 0.482 e. The summed E-state index contributed by atoms with van der Waals surface area (Å²) >= 11 is 0. The second-order valence-corrected chi connectivity index (χ2v) is 5.75. The molecule has 0 fully saturated rings. The van der Waals surface area contributed by atoms with E-state index in [4.69, 9.17) is 9.84 Å². The molecule has 2 aromatic carbocycles. The van der Waals surface area contributed by atoms with Gasteiger partial charge in [-0.15, -0.1) is 0 Å². The van der Waals surface area contributed by atoms with Crippen molar-refractivity contribution in [2.45, 2.75) is 20.4 Å². The van der Waals surface area contributed by atoms with Crippen molar-refractivity contribution >= 4 is 11.9 Å². The molecule has 126 valence electrons. The SMILES string of the molecule is Cc1cccc(C)c1C(=O)N(C)Cc1ccc(OCC(=O)O)cc1. The molecule has 0 aromatic heterocycles. The summed E-state index contributed by atoms with van der Waals surface area (Å²) in [6, 6.07) is 12.9. The van der Waals surface area contributed by atoms with Gasteiger partial charge in [-0.05, 0) is 42.7 Å². The molecule has 0 atom stereocenters. The van der Waals surface area contributed by atoms with E-state index >= 15 is 0 Å². The fourth-order valence-corrected chi connectivity index (χ4v) is 2.52. The maximum Gasteiger partial charge on any atom is 0.341 e. The summed E-state index contributed by atoms with van der Waals surface area (Å²) in [4.78, 5) is 24.8. The minimum atomic E-state index is -1.02. The smallest absolute Gasteiger partial charge is 0.341 e. The van der Waals surface area contributed by atoms with Crippen LogP contribution in [0.1, 0.15) is 27.0 Å². The fraction of sp³-hybridized carbons (Fsp3) is 0.263. The van der Waals surface area contributed by atoms with Crippen LogP contribution in [0.4, 0.5) is 0 Å². The fourth-order valence-electron chi connectivity index (χ4n) is 2.52. The van der Waals surface area contributed by atoms with Crippen molar-refractivity contribution in [3.05, 3.63) is 64.7 Å². The van der Waals surface area contributed by atoms with Gasteiger partial charge < -0.3 is 14.7 Å². The van der Waals surface area contributed by atoms with E-state index in [1.54, 1.807) is 24.1 Å². The van der Waals surface area contributed by atoms with E-state index in [-0.39, 0.29) is 12.5 Å². The highest BCUT2D eigenvalue weighted by molar-refractivity contribution is 5.96. The molecule has 1 amide bonds. The molecule has 0 spiro atoms. The normalized spacial score (nSPS) is 10.3. The third-order valence-corrected chi connectivity index (χ3v) is 3.75. The molecule has 0 aliphatic carbocycles. The molecule has 0 saturated heterocycles. The first-order valence-electron chi connectivity index (χ1n) is 7.63. The Balaban J connectivity index is 2.05. The Morgan fingerprint density at radius 3 is 2.17 bits per heavy atom. The maximum atomic E-state index is 12.7. The van der Waals surface area contributed by atoms with Crippen molar-refractivity contribution in [1.82, 2.24) is 4.90 Å². The molecule has 5 heteroatoms. The first-order valence-corrected chi connectivity index (χ1v) is 7.63. The number of carbonyl (C=O) groups excluding carboxylic acids is 1. The van der Waals surface area contributed by atoms with Gasteiger partial charge in [0, 0.05) is 19.2 Å². The number of aliphatic carboxylic acids is 1. The second kappa shape index (κ2) is 7.64. The number of carboxylic acids is 1. The summed E-state index contributed by atoms with van der Waals surface area (Å²) in [5, 5.41) is 8.59. The quantitative estimate of drug-likeness (QED) is 0.885. The van der Waals surface area contributed by atoms with Crippen molar-refractivity contribution in [3.8, 4) is 5.75 Å². The van der Waals surface area contributed by atoms with Crippen LogP contribution in [0.15, 0.2) is 42.5 Å². The van der Waals surface area contributed by atoms with Crippen LogP contribution in [0, 0.1) is 13.8 Å². The van der Waals surface area contributed by atoms with Crippen LogP contribution in [-0.2, 0) is 11.3 Å². The topological polar surface area (TPSA) is 66.8 Å². The summed E-state index contributed by atoms with van der Waals surface area (Å²) in [5.41, 5.74) is 3.61. The Bertz CT molecular complexity index is 717. The number of hydrogen-bond donors (Lipinski definition) is 1. The molecule has 2 aromatic rings. The lowest BCUT2D eigenvalue weighted by Crippen LogP contribution is -2.27. The van der Waals surface area contributed by atoms with Crippen LogP contribution in [0.2, 0.25) is 0 Å². The van der Waals surface area contributed by atoms with E-state index in [1.807, 2.05) is 44.2 Å². The third-order valence-electron chi connectivity index (χ3n) is 3.75. The number of ether oxygens (including phenoxy) is 1. The summed E-state index contributed by atoms with van der Waals surface area (Å²) in [7, 11) is 1.77. The highest BCUT2D eigenvalue weighted by atomic mass is 16.5. The lowest BCUT2D eigenvalue weighted by atomic mass is 10.0. The van der Waals surface area contributed by atoms with Gasteiger partial charge >= 0.3 is 5.97 Å². The molecule has 1 N–H and O–H groups in total. The van der Waals surface area contributed by atoms with E-state index in [2.05, 4.69) is 0 Å². The molecule has 24 heavy (non-hydrogen) atoms. The summed E-state index contributed by atoms with van der Waals surface area (Å²) in [5.74, 6) is -0.542. The van der Waals surface area contributed by atoms with Gasteiger partial charge in [-0.25, -0.2) is 4.79 Å². The molecule has 0 bridgehead atoms. The minimum Gasteiger partial charge on any atom is -0.482 e. The van der Waals surface area contributed by atoms with E-state index in [0.717, 1.165) is 22.3 Å². The number of hydrogen-bond acceptors (Lipinski definition) is 3. The van der Waals surface area contributed by atoms with Crippen LogP contribution >= 0.6 is 0 Å². The molecular weight excluding hydrogens is 306 g/mol. The molecule has 0 heterocycles. The standard InChI is InChI=1S/C19H21NO4/c1-13-5-4-6-14(2)18(13)19(23)20(3)11-15-7-9-16(10-8-15)24-12-17(21)22/h4-10H,11-12H2,1-3H3,(H,21,22). The number of benzene rings is 2. The van der Waals surface area contributed by atoms with Gasteiger partial charge in [0.25, 0.3) is 5.91 Å². The van der Waals surface area contributed by atoms with Gasteiger partial charge in [0.2, 0.25) is 0 Å². The first kappa shape index (κ1) is 17.5. The molecule has 0 saturated carbocycles. The summed E-state index contributed by atoms with van der Waals surface area (Å²) in [6.07, 6.45) is 0. The number of nitrogens with zero attached hydrogens (tertiary/aromatic N) is 1. The van der Waals surface area contributed by atoms with E-state index in [9.17, 15) is 9.59 Å². The zero-order chi connectivity index (χ0) is 17.7. The summed E-state index contributed by atoms with van der Waals surface area (Å²) < 4.78 is 5.10. The molecule has 0 aliphatic rings. The van der Waals surface area contributed by atoms with Crippen LogP contribution in [-0.4, -0.2) is 35.5 Å². The number of aryl methyl sites for hydroxylation is 2. The van der Waals surface area contributed by atoms with Crippen molar-refractivity contribution in [2.24, 2.45) is 0 Å². The highest BCUT2D eigenvalue weighted by Gasteiger charge is 2.16. The van der Waals surface area contributed by atoms with Crippen molar-refractivity contribution in [1.29, 1.82) is 0 Å². The van der Waals surface area contributed by atoms with Crippen molar-refractivity contribution < 1.29 is 19.4 Å². The number of carbonyl (C=O) groups is 2. The monoisotopic (exact) mass is 327 g/mol. The lowest BCUT2D eigenvalue weighted by Gasteiger charge is -2.20. The van der Waals surface area contributed by atoms with Gasteiger partial charge in [-0.1, -0.05) is 30.3 Å². The average molecular weight is 327 g/mol. The predicted molar refractivity (Wildman–Crippen MR) is 91.3 cm³/mol. The van der Waals surface area contributed by atoms with Gasteiger partial charge in [0.1, 0.15) is 5.75 Å². The van der Waals surface area contributed by atoms with E-state index in [1.165, 1.54) is 0 Å². The van der Waals surface area contributed by atoms with Crippen molar-refractivity contribution in [2.75, 3.05) is 13.7 Å². The molecular formula is C19H21NO4. The Hall–Kier alpha value is -2.82.